The maximum absolute atomic E-state index is 11.8. The van der Waals surface area contributed by atoms with Crippen molar-refractivity contribution < 1.29 is 10.0 Å². The minimum atomic E-state index is 0.239. The molecule has 4 N–H and O–H groups in total. The zero-order chi connectivity index (χ0) is 12.3. The van der Waals surface area contributed by atoms with Gasteiger partial charge >= 0.3 is 0 Å². The molecule has 0 bridgehead atoms. The van der Waals surface area contributed by atoms with Gasteiger partial charge < -0.3 is 16.3 Å². The van der Waals surface area contributed by atoms with Crippen LogP contribution in [0.3, 0.4) is 0 Å². The predicted molar refractivity (Wildman–Crippen MR) is 64.6 cm³/mol. The summed E-state index contributed by atoms with van der Waals surface area (Å²) in [5.74, 6) is 2.18. The number of fused-ring (bicyclic) bond motifs is 1. The van der Waals surface area contributed by atoms with Gasteiger partial charge in [0, 0.05) is 18.9 Å². The first-order valence-corrected chi connectivity index (χ1v) is 6.48. The number of hydrogen-bond donors (Lipinski definition) is 3. The average Bonchev–Trinajstić information content (AvgIpc) is 2.82. The molecule has 2 aliphatic carbocycles. The molecule has 2 fully saturated rings. The molecule has 5 heteroatoms. The highest BCUT2D eigenvalue weighted by atomic mass is 16.4. The standard InChI is InChI=1S/C12H21N3O2/c13-10(15-17)6-1-2-7-14-12(16)11-8-4-3-5-9(8)11/h8-9,11,17H,1-7H2,(H2,13,15)(H,14,16). The fourth-order valence-corrected chi connectivity index (χ4v) is 3.02. The van der Waals surface area contributed by atoms with E-state index in [1.807, 2.05) is 0 Å². The molecule has 2 rings (SSSR count). The number of amidine groups is 1. The van der Waals surface area contributed by atoms with Crippen molar-refractivity contribution in [1.29, 1.82) is 0 Å². The van der Waals surface area contributed by atoms with Crippen LogP contribution in [0, 0.1) is 17.8 Å². The molecule has 0 aliphatic heterocycles. The van der Waals surface area contributed by atoms with Gasteiger partial charge in [-0.15, -0.1) is 0 Å². The number of oxime groups is 1. The van der Waals surface area contributed by atoms with Crippen LogP contribution in [0.5, 0.6) is 0 Å². The molecule has 1 amide bonds. The second-order valence-corrected chi connectivity index (χ2v) is 5.12. The van der Waals surface area contributed by atoms with Gasteiger partial charge in [-0.1, -0.05) is 11.6 Å². The Morgan fingerprint density at radius 3 is 2.71 bits per heavy atom. The third-order valence-corrected chi connectivity index (χ3v) is 4.00. The first-order chi connectivity index (χ1) is 8.24. The molecule has 0 aromatic carbocycles. The van der Waals surface area contributed by atoms with Crippen LogP contribution in [-0.4, -0.2) is 23.5 Å². The van der Waals surface area contributed by atoms with Gasteiger partial charge in [-0.25, -0.2) is 0 Å². The van der Waals surface area contributed by atoms with Gasteiger partial charge in [0.1, 0.15) is 5.84 Å². The minimum Gasteiger partial charge on any atom is -0.409 e. The van der Waals surface area contributed by atoms with E-state index in [9.17, 15) is 4.79 Å². The van der Waals surface area contributed by atoms with Gasteiger partial charge in [0.15, 0.2) is 0 Å². The van der Waals surface area contributed by atoms with Gasteiger partial charge in [-0.3, -0.25) is 4.79 Å². The first-order valence-electron chi connectivity index (χ1n) is 6.48. The summed E-state index contributed by atoms with van der Waals surface area (Å²) >= 11 is 0. The van der Waals surface area contributed by atoms with Crippen LogP contribution in [-0.2, 0) is 4.79 Å². The molecule has 0 aromatic heterocycles. The summed E-state index contributed by atoms with van der Waals surface area (Å²) in [6.07, 6.45) is 6.09. The monoisotopic (exact) mass is 239 g/mol. The number of rotatable bonds is 6. The summed E-state index contributed by atoms with van der Waals surface area (Å²) in [6.45, 7) is 0.702. The van der Waals surface area contributed by atoms with Gasteiger partial charge in [0.25, 0.3) is 0 Å². The highest BCUT2D eigenvalue weighted by molar-refractivity contribution is 5.82. The average molecular weight is 239 g/mol. The number of amides is 1. The Labute approximate surface area is 101 Å². The second-order valence-electron chi connectivity index (χ2n) is 5.12. The molecule has 2 aliphatic rings. The second kappa shape index (κ2) is 5.38. The number of carbonyl (C=O) groups excluding carboxylic acids is 1. The van der Waals surface area contributed by atoms with Crippen LogP contribution in [0.4, 0.5) is 0 Å². The fraction of sp³-hybridized carbons (Fsp3) is 0.833. The Kier molecular flexibility index (Phi) is 3.86. The summed E-state index contributed by atoms with van der Waals surface area (Å²) < 4.78 is 0. The van der Waals surface area contributed by atoms with Crippen LogP contribution in [0.1, 0.15) is 38.5 Å². The van der Waals surface area contributed by atoms with Crippen LogP contribution in [0.15, 0.2) is 5.16 Å². The molecule has 0 heterocycles. The van der Waals surface area contributed by atoms with Crippen LogP contribution in [0.25, 0.3) is 0 Å². The molecule has 96 valence electrons. The zero-order valence-electron chi connectivity index (χ0n) is 10.1. The van der Waals surface area contributed by atoms with Crippen molar-refractivity contribution in [2.75, 3.05) is 6.54 Å². The van der Waals surface area contributed by atoms with Crippen molar-refractivity contribution in [2.24, 2.45) is 28.6 Å². The van der Waals surface area contributed by atoms with E-state index in [4.69, 9.17) is 10.9 Å². The van der Waals surface area contributed by atoms with E-state index in [0.29, 0.717) is 30.7 Å². The molecule has 17 heavy (non-hydrogen) atoms. The Bertz CT molecular complexity index is 307. The van der Waals surface area contributed by atoms with Crippen molar-refractivity contribution in [3.63, 3.8) is 0 Å². The molecule has 0 saturated heterocycles. The fourth-order valence-electron chi connectivity index (χ4n) is 3.02. The number of nitrogens with one attached hydrogen (secondary N) is 1. The SMILES string of the molecule is NC(CCCCNC(=O)C1C2CCCC21)=NO. The third kappa shape index (κ3) is 2.90. The zero-order valence-corrected chi connectivity index (χ0v) is 10.1. The number of nitrogens with zero attached hydrogens (tertiary/aromatic N) is 1. The van der Waals surface area contributed by atoms with Gasteiger partial charge in [-0.05, 0) is 37.5 Å². The summed E-state index contributed by atoms with van der Waals surface area (Å²) in [7, 11) is 0. The van der Waals surface area contributed by atoms with Crippen molar-refractivity contribution in [2.45, 2.75) is 38.5 Å². The van der Waals surface area contributed by atoms with E-state index in [-0.39, 0.29) is 11.7 Å². The highest BCUT2D eigenvalue weighted by Gasteiger charge is 2.56. The lowest BCUT2D eigenvalue weighted by atomic mass is 10.1. The smallest absolute Gasteiger partial charge is 0.223 e. The quantitative estimate of drug-likeness (QED) is 0.213. The van der Waals surface area contributed by atoms with E-state index >= 15 is 0 Å². The van der Waals surface area contributed by atoms with Crippen LogP contribution >= 0.6 is 0 Å². The molecule has 2 unspecified atom stereocenters. The molecule has 0 aromatic rings. The molecule has 0 radical (unpaired) electrons. The lowest BCUT2D eigenvalue weighted by Crippen LogP contribution is -2.27. The molecule has 5 nitrogen and oxygen atoms in total. The van der Waals surface area contributed by atoms with Gasteiger partial charge in [-0.2, -0.15) is 0 Å². The molecule has 0 spiro atoms. The van der Waals surface area contributed by atoms with E-state index in [1.54, 1.807) is 0 Å². The molecule has 2 saturated carbocycles. The van der Waals surface area contributed by atoms with Crippen molar-refractivity contribution in [1.82, 2.24) is 5.32 Å². The largest absolute Gasteiger partial charge is 0.409 e. The number of carbonyl (C=O) groups is 1. The Balaban J connectivity index is 1.53. The van der Waals surface area contributed by atoms with Crippen molar-refractivity contribution in [3.8, 4) is 0 Å². The molecular weight excluding hydrogens is 218 g/mol. The number of unbranched alkanes of at least 4 members (excludes halogenated alkanes) is 1. The third-order valence-electron chi connectivity index (χ3n) is 4.00. The lowest BCUT2D eigenvalue weighted by Gasteiger charge is -2.06. The van der Waals surface area contributed by atoms with Crippen molar-refractivity contribution >= 4 is 11.7 Å². The van der Waals surface area contributed by atoms with Crippen LogP contribution < -0.4 is 11.1 Å². The molecule has 2 atom stereocenters. The highest BCUT2D eigenvalue weighted by Crippen LogP contribution is 2.57. The maximum Gasteiger partial charge on any atom is 0.223 e. The first kappa shape index (κ1) is 12.2. The van der Waals surface area contributed by atoms with Crippen molar-refractivity contribution in [3.05, 3.63) is 0 Å². The Morgan fingerprint density at radius 2 is 2.06 bits per heavy atom. The Morgan fingerprint density at radius 1 is 1.35 bits per heavy atom. The van der Waals surface area contributed by atoms with Gasteiger partial charge in [0.2, 0.25) is 5.91 Å². The molecular formula is C12H21N3O2. The summed E-state index contributed by atoms with van der Waals surface area (Å²) in [6, 6.07) is 0. The predicted octanol–water partition coefficient (Wildman–Crippen LogP) is 1.07. The summed E-state index contributed by atoms with van der Waals surface area (Å²) in [5, 5.41) is 14.2. The number of hydrogen-bond acceptors (Lipinski definition) is 3. The van der Waals surface area contributed by atoms with E-state index in [2.05, 4.69) is 10.5 Å². The normalized spacial score (nSPS) is 31.1. The van der Waals surface area contributed by atoms with E-state index < -0.39 is 0 Å². The van der Waals surface area contributed by atoms with Gasteiger partial charge in [0.05, 0.1) is 0 Å². The van der Waals surface area contributed by atoms with Crippen LogP contribution in [0.2, 0.25) is 0 Å². The van der Waals surface area contributed by atoms with E-state index in [1.165, 1.54) is 19.3 Å². The van der Waals surface area contributed by atoms with E-state index in [0.717, 1.165) is 12.8 Å². The summed E-state index contributed by atoms with van der Waals surface area (Å²) in [4.78, 5) is 11.8. The Hall–Kier alpha value is -1.26. The number of nitrogens with two attached hydrogens (primary N) is 1. The minimum absolute atomic E-state index is 0.239. The topological polar surface area (TPSA) is 87.7 Å². The summed E-state index contributed by atoms with van der Waals surface area (Å²) in [5.41, 5.74) is 5.35. The maximum atomic E-state index is 11.8. The lowest BCUT2D eigenvalue weighted by molar-refractivity contribution is -0.123.